The van der Waals surface area contributed by atoms with Crippen LogP contribution >= 0.6 is 11.3 Å². The lowest BCUT2D eigenvalue weighted by atomic mass is 9.95. The van der Waals surface area contributed by atoms with Gasteiger partial charge in [-0.1, -0.05) is 12.1 Å². The Bertz CT molecular complexity index is 1540. The Morgan fingerprint density at radius 1 is 1.00 bits per heavy atom. The topological polar surface area (TPSA) is 166 Å². The molecule has 2 N–H and O–H groups in total. The lowest BCUT2D eigenvalue weighted by Crippen LogP contribution is -2.33. The Balaban J connectivity index is 1.39. The molecular weight excluding hydrogens is 552 g/mol. The Hall–Kier alpha value is -4.91. The van der Waals surface area contributed by atoms with Crippen molar-refractivity contribution in [1.82, 2.24) is 5.43 Å². The summed E-state index contributed by atoms with van der Waals surface area (Å²) in [5.41, 5.74) is 3.71. The van der Waals surface area contributed by atoms with Gasteiger partial charge in [-0.05, 0) is 81.0 Å². The predicted octanol–water partition coefficient (Wildman–Crippen LogP) is 4.41. The van der Waals surface area contributed by atoms with Crippen molar-refractivity contribution >= 4 is 51.5 Å². The van der Waals surface area contributed by atoms with Gasteiger partial charge in [0.25, 0.3) is 5.69 Å². The molecule has 13 heteroatoms. The number of para-hydroxylation sites is 1. The minimum absolute atomic E-state index is 0.143. The second-order valence-corrected chi connectivity index (χ2v) is 10.0. The minimum Gasteiger partial charge on any atom is -0.462 e. The van der Waals surface area contributed by atoms with Gasteiger partial charge in [-0.15, -0.1) is 11.3 Å². The van der Waals surface area contributed by atoms with Crippen molar-refractivity contribution in [3.05, 3.63) is 85.8 Å². The lowest BCUT2D eigenvalue weighted by Gasteiger charge is -2.12. The number of anilines is 1. The molecule has 0 aliphatic heterocycles. The van der Waals surface area contributed by atoms with Crippen LogP contribution in [0.2, 0.25) is 0 Å². The Labute approximate surface area is 238 Å². The number of nitrogens with one attached hydrogen (secondary N) is 2. The fraction of sp³-hybridized carbons (Fsp3) is 0.250. The number of benzene rings is 2. The molecule has 0 radical (unpaired) electrons. The van der Waals surface area contributed by atoms with Crippen LogP contribution in [0.15, 0.2) is 53.6 Å². The van der Waals surface area contributed by atoms with Crippen LogP contribution in [0.5, 0.6) is 5.75 Å². The van der Waals surface area contributed by atoms with Gasteiger partial charge < -0.3 is 14.8 Å². The van der Waals surface area contributed by atoms with E-state index in [4.69, 9.17) is 9.47 Å². The number of nitro benzene ring substituents is 1. The van der Waals surface area contributed by atoms with Crippen LogP contribution in [0.1, 0.15) is 63.4 Å². The highest BCUT2D eigenvalue weighted by Gasteiger charge is 2.28. The van der Waals surface area contributed by atoms with Crippen molar-refractivity contribution < 1.29 is 33.6 Å². The summed E-state index contributed by atoms with van der Waals surface area (Å²) in [6, 6.07) is 11.5. The third kappa shape index (κ3) is 6.81. The van der Waals surface area contributed by atoms with Gasteiger partial charge in [0.05, 0.1) is 22.8 Å². The van der Waals surface area contributed by atoms with E-state index in [2.05, 4.69) is 15.8 Å². The van der Waals surface area contributed by atoms with Gasteiger partial charge in [0.15, 0.2) is 0 Å². The zero-order valence-electron chi connectivity index (χ0n) is 22.2. The maximum atomic E-state index is 12.6. The summed E-state index contributed by atoms with van der Waals surface area (Å²) >= 11 is 1.27. The molecule has 0 fully saturated rings. The molecule has 3 aromatic rings. The molecule has 1 aliphatic carbocycles. The predicted molar refractivity (Wildman–Crippen MR) is 150 cm³/mol. The molecule has 1 aliphatic rings. The molecule has 0 unspecified atom stereocenters. The van der Waals surface area contributed by atoms with Crippen LogP contribution in [0, 0.1) is 10.1 Å². The summed E-state index contributed by atoms with van der Waals surface area (Å²) in [5, 5.41) is 17.9. The van der Waals surface area contributed by atoms with E-state index in [0.717, 1.165) is 29.7 Å². The first-order chi connectivity index (χ1) is 19.7. The van der Waals surface area contributed by atoms with Gasteiger partial charge >= 0.3 is 23.8 Å². The Morgan fingerprint density at radius 3 is 2.41 bits per heavy atom. The number of aryl methyl sites for hydroxylation is 1. The molecule has 0 spiro atoms. The first-order valence-corrected chi connectivity index (χ1v) is 13.5. The first-order valence-electron chi connectivity index (χ1n) is 12.7. The summed E-state index contributed by atoms with van der Waals surface area (Å²) in [5.74, 6) is -3.29. The SMILES string of the molecule is CCOC(=O)c1c(NC(=O)C(=O)NN=C(C)c2ccc(OC(=O)c3ccccc3[N+](=O)[O-])cc2)sc2c1CCCC2. The van der Waals surface area contributed by atoms with Gasteiger partial charge in [0, 0.05) is 10.9 Å². The third-order valence-corrected chi connectivity index (χ3v) is 7.42. The summed E-state index contributed by atoms with van der Waals surface area (Å²) < 4.78 is 10.4. The summed E-state index contributed by atoms with van der Waals surface area (Å²) in [6.45, 7) is 3.48. The summed E-state index contributed by atoms with van der Waals surface area (Å²) in [7, 11) is 0. The van der Waals surface area contributed by atoms with E-state index in [9.17, 15) is 29.3 Å². The molecule has 41 heavy (non-hydrogen) atoms. The van der Waals surface area contributed by atoms with E-state index in [1.54, 1.807) is 26.0 Å². The number of amides is 2. The summed E-state index contributed by atoms with van der Waals surface area (Å²) in [4.78, 5) is 61.6. The Morgan fingerprint density at radius 2 is 1.71 bits per heavy atom. The second kappa shape index (κ2) is 13.0. The van der Waals surface area contributed by atoms with Crippen LogP contribution in [0.25, 0.3) is 0 Å². The molecule has 12 nitrogen and oxygen atoms in total. The molecule has 0 saturated carbocycles. The van der Waals surface area contributed by atoms with Crippen LogP contribution < -0.4 is 15.5 Å². The molecule has 2 aromatic carbocycles. The normalized spacial score (nSPS) is 12.6. The number of hydrogen-bond donors (Lipinski definition) is 2. The molecule has 0 bridgehead atoms. The smallest absolute Gasteiger partial charge is 0.350 e. The highest BCUT2D eigenvalue weighted by Crippen LogP contribution is 2.38. The molecule has 0 atom stereocenters. The Kier molecular flexibility index (Phi) is 9.19. The molecule has 2 amide bonds. The quantitative estimate of drug-likeness (QED) is 0.0990. The number of nitrogens with zero attached hydrogens (tertiary/aromatic N) is 2. The third-order valence-electron chi connectivity index (χ3n) is 6.21. The zero-order chi connectivity index (χ0) is 29.5. The van der Waals surface area contributed by atoms with Crippen LogP contribution in [-0.2, 0) is 27.2 Å². The van der Waals surface area contributed by atoms with E-state index in [1.165, 1.54) is 47.7 Å². The van der Waals surface area contributed by atoms with E-state index in [-0.39, 0.29) is 28.6 Å². The number of rotatable bonds is 8. The number of hydrogen-bond acceptors (Lipinski definition) is 10. The summed E-state index contributed by atoms with van der Waals surface area (Å²) in [6.07, 6.45) is 3.41. The molecule has 1 aromatic heterocycles. The monoisotopic (exact) mass is 578 g/mol. The number of nitro groups is 1. The zero-order valence-corrected chi connectivity index (χ0v) is 23.0. The fourth-order valence-electron chi connectivity index (χ4n) is 4.21. The van der Waals surface area contributed by atoms with Gasteiger partial charge in [-0.2, -0.15) is 5.10 Å². The second-order valence-electron chi connectivity index (χ2n) is 8.92. The lowest BCUT2D eigenvalue weighted by molar-refractivity contribution is -0.385. The van der Waals surface area contributed by atoms with Crippen LogP contribution in [-0.4, -0.2) is 41.0 Å². The fourth-order valence-corrected chi connectivity index (χ4v) is 5.49. The van der Waals surface area contributed by atoms with Gasteiger partial charge in [0.2, 0.25) is 0 Å². The molecule has 0 saturated heterocycles. The van der Waals surface area contributed by atoms with E-state index in [1.807, 2.05) is 0 Å². The van der Waals surface area contributed by atoms with Crippen LogP contribution in [0.4, 0.5) is 10.7 Å². The number of carbonyl (C=O) groups excluding carboxylic acids is 4. The van der Waals surface area contributed by atoms with Crippen molar-refractivity contribution in [2.45, 2.75) is 39.5 Å². The largest absolute Gasteiger partial charge is 0.462 e. The number of hydrazone groups is 1. The van der Waals surface area contributed by atoms with E-state index in [0.29, 0.717) is 23.3 Å². The average Bonchev–Trinajstić information content (AvgIpc) is 3.34. The van der Waals surface area contributed by atoms with Gasteiger partial charge in [-0.3, -0.25) is 19.7 Å². The van der Waals surface area contributed by atoms with E-state index >= 15 is 0 Å². The number of fused-ring (bicyclic) bond motifs is 1. The number of esters is 2. The number of thiophene rings is 1. The van der Waals surface area contributed by atoms with Crippen molar-refractivity contribution in [1.29, 1.82) is 0 Å². The number of ether oxygens (including phenoxy) is 2. The molecule has 212 valence electrons. The average molecular weight is 579 g/mol. The first kappa shape index (κ1) is 29.1. The van der Waals surface area contributed by atoms with E-state index < -0.39 is 28.7 Å². The van der Waals surface area contributed by atoms with Crippen molar-refractivity contribution in [2.75, 3.05) is 11.9 Å². The maximum Gasteiger partial charge on any atom is 0.350 e. The van der Waals surface area contributed by atoms with Gasteiger partial charge in [-0.25, -0.2) is 15.0 Å². The molecular formula is C28H26N4O8S. The maximum absolute atomic E-state index is 12.6. The van der Waals surface area contributed by atoms with Gasteiger partial charge in [0.1, 0.15) is 16.3 Å². The molecule has 4 rings (SSSR count). The highest BCUT2D eigenvalue weighted by molar-refractivity contribution is 7.17. The van der Waals surface area contributed by atoms with Crippen molar-refractivity contribution in [3.8, 4) is 5.75 Å². The number of carbonyl (C=O) groups is 4. The highest BCUT2D eigenvalue weighted by atomic mass is 32.1. The van der Waals surface area contributed by atoms with Crippen molar-refractivity contribution in [3.63, 3.8) is 0 Å². The molecule has 1 heterocycles. The standard InChI is InChI=1S/C28H26N4O8S/c1-3-39-28(36)23-20-9-5-7-11-22(20)41-26(23)29-24(33)25(34)31-30-16(2)17-12-14-18(15-13-17)40-27(35)19-8-4-6-10-21(19)32(37)38/h4,6,8,10,12-15H,3,5,7,9,11H2,1-2H3,(H,29,33)(H,31,34). The minimum atomic E-state index is -1.03. The van der Waals surface area contributed by atoms with Crippen LogP contribution in [0.3, 0.4) is 0 Å². The van der Waals surface area contributed by atoms with Crippen molar-refractivity contribution in [2.24, 2.45) is 5.10 Å².